The maximum atomic E-state index is 13.3. The minimum atomic E-state index is -0.776. The summed E-state index contributed by atoms with van der Waals surface area (Å²) in [7, 11) is 0. The largest absolute Gasteiger partial charge is 0.348 e. The maximum Gasteiger partial charge on any atom is 0.223 e. The topological polar surface area (TPSA) is 46.2 Å². The Morgan fingerprint density at radius 3 is 2.58 bits per heavy atom. The van der Waals surface area contributed by atoms with Crippen molar-refractivity contribution in [2.45, 2.75) is 25.7 Å². The summed E-state index contributed by atoms with van der Waals surface area (Å²) in [5.74, 6) is -2.30. The van der Waals surface area contributed by atoms with Gasteiger partial charge in [0.25, 0.3) is 0 Å². The average molecular weight is 267 g/mol. The summed E-state index contributed by atoms with van der Waals surface area (Å²) in [6.45, 7) is -0.296. The van der Waals surface area contributed by atoms with E-state index in [1.165, 1.54) is 0 Å². The quantitative estimate of drug-likeness (QED) is 0.852. The van der Waals surface area contributed by atoms with Crippen LogP contribution in [0.25, 0.3) is 0 Å². The molecule has 102 valence electrons. The zero-order chi connectivity index (χ0) is 13.8. The first-order valence-electron chi connectivity index (χ1n) is 6.34. The lowest BCUT2D eigenvalue weighted by atomic mass is 10.1. The van der Waals surface area contributed by atoms with E-state index in [1.807, 2.05) is 0 Å². The molecule has 0 spiro atoms. The molecule has 1 N–H and O–H groups in total. The molecular formula is C14H15F2NO2. The maximum absolute atomic E-state index is 13.3. The second kappa shape index (κ2) is 5.91. The van der Waals surface area contributed by atoms with E-state index in [-0.39, 0.29) is 23.9 Å². The Morgan fingerprint density at radius 1 is 1.21 bits per heavy atom. The number of hydrogen-bond acceptors (Lipinski definition) is 2. The molecular weight excluding hydrogens is 252 g/mol. The van der Waals surface area contributed by atoms with Crippen molar-refractivity contribution in [3.8, 4) is 0 Å². The van der Waals surface area contributed by atoms with Gasteiger partial charge in [0.1, 0.15) is 11.6 Å². The van der Waals surface area contributed by atoms with Gasteiger partial charge in [0, 0.05) is 5.92 Å². The molecule has 1 amide bonds. The predicted molar refractivity (Wildman–Crippen MR) is 65.7 cm³/mol. The van der Waals surface area contributed by atoms with Gasteiger partial charge in [0.15, 0.2) is 5.78 Å². The lowest BCUT2D eigenvalue weighted by molar-refractivity contribution is -0.124. The molecule has 1 aromatic carbocycles. The molecule has 5 heteroatoms. The Balaban J connectivity index is 1.93. The Labute approximate surface area is 110 Å². The molecule has 0 aliphatic heterocycles. The molecule has 3 nitrogen and oxygen atoms in total. The standard InChI is InChI=1S/C14H15F2NO2/c15-10-5-6-12(16)11(7-10)13(18)8-17-14(19)9-3-1-2-4-9/h5-7,9H,1-4,8H2,(H,17,19). The summed E-state index contributed by atoms with van der Waals surface area (Å²) < 4.78 is 26.3. The van der Waals surface area contributed by atoms with Gasteiger partial charge in [-0.3, -0.25) is 9.59 Å². The normalized spacial score (nSPS) is 15.5. The van der Waals surface area contributed by atoms with Gasteiger partial charge in [-0.2, -0.15) is 0 Å². The molecule has 1 aromatic rings. The highest BCUT2D eigenvalue weighted by molar-refractivity contribution is 5.99. The van der Waals surface area contributed by atoms with E-state index < -0.39 is 17.4 Å². The second-order valence-corrected chi connectivity index (χ2v) is 4.75. The van der Waals surface area contributed by atoms with E-state index in [4.69, 9.17) is 0 Å². The fraction of sp³-hybridized carbons (Fsp3) is 0.429. The second-order valence-electron chi connectivity index (χ2n) is 4.75. The lowest BCUT2D eigenvalue weighted by Crippen LogP contribution is -2.34. The first kappa shape index (κ1) is 13.6. The smallest absolute Gasteiger partial charge is 0.223 e. The van der Waals surface area contributed by atoms with Gasteiger partial charge in [-0.1, -0.05) is 12.8 Å². The van der Waals surface area contributed by atoms with E-state index in [0.717, 1.165) is 43.9 Å². The Morgan fingerprint density at radius 2 is 1.89 bits per heavy atom. The van der Waals surface area contributed by atoms with Crippen LogP contribution in [0.2, 0.25) is 0 Å². The fourth-order valence-corrected chi connectivity index (χ4v) is 2.31. The first-order valence-corrected chi connectivity index (χ1v) is 6.34. The van der Waals surface area contributed by atoms with Gasteiger partial charge in [-0.05, 0) is 31.0 Å². The van der Waals surface area contributed by atoms with Crippen molar-refractivity contribution in [3.05, 3.63) is 35.4 Å². The summed E-state index contributed by atoms with van der Waals surface area (Å²) >= 11 is 0. The van der Waals surface area contributed by atoms with Crippen LogP contribution in [0.5, 0.6) is 0 Å². The van der Waals surface area contributed by atoms with Crippen molar-refractivity contribution in [2.24, 2.45) is 5.92 Å². The molecule has 1 fully saturated rings. The highest BCUT2D eigenvalue weighted by Gasteiger charge is 2.23. The van der Waals surface area contributed by atoms with Crippen LogP contribution in [0, 0.1) is 17.6 Å². The van der Waals surface area contributed by atoms with Crippen LogP contribution in [0.1, 0.15) is 36.0 Å². The molecule has 1 saturated carbocycles. The van der Waals surface area contributed by atoms with E-state index in [2.05, 4.69) is 5.32 Å². The van der Waals surface area contributed by atoms with Gasteiger partial charge in [0.2, 0.25) is 5.91 Å². The first-order chi connectivity index (χ1) is 9.08. The van der Waals surface area contributed by atoms with Gasteiger partial charge in [-0.15, -0.1) is 0 Å². The molecule has 0 atom stereocenters. The number of ketones is 1. The molecule has 0 radical (unpaired) electrons. The number of halogens is 2. The van der Waals surface area contributed by atoms with E-state index >= 15 is 0 Å². The Hall–Kier alpha value is -1.78. The number of hydrogen-bond donors (Lipinski definition) is 1. The van der Waals surface area contributed by atoms with Gasteiger partial charge in [-0.25, -0.2) is 8.78 Å². The summed E-state index contributed by atoms with van der Waals surface area (Å²) in [5, 5.41) is 2.49. The molecule has 0 bridgehead atoms. The molecule has 0 unspecified atom stereocenters. The zero-order valence-corrected chi connectivity index (χ0v) is 10.4. The van der Waals surface area contributed by atoms with Crippen LogP contribution in [0.3, 0.4) is 0 Å². The van der Waals surface area contributed by atoms with Crippen molar-refractivity contribution in [1.82, 2.24) is 5.32 Å². The molecule has 1 aliphatic rings. The van der Waals surface area contributed by atoms with Crippen LogP contribution >= 0.6 is 0 Å². The van der Waals surface area contributed by atoms with Gasteiger partial charge < -0.3 is 5.32 Å². The van der Waals surface area contributed by atoms with Crippen molar-refractivity contribution in [2.75, 3.05) is 6.54 Å². The molecule has 19 heavy (non-hydrogen) atoms. The minimum absolute atomic E-state index is 0.0508. The number of carbonyl (C=O) groups is 2. The number of rotatable bonds is 4. The van der Waals surface area contributed by atoms with Crippen LogP contribution in [-0.2, 0) is 4.79 Å². The zero-order valence-electron chi connectivity index (χ0n) is 10.4. The van der Waals surface area contributed by atoms with E-state index in [9.17, 15) is 18.4 Å². The molecule has 0 aromatic heterocycles. The third kappa shape index (κ3) is 3.36. The van der Waals surface area contributed by atoms with Crippen molar-refractivity contribution in [1.29, 1.82) is 0 Å². The highest BCUT2D eigenvalue weighted by Crippen LogP contribution is 2.24. The molecule has 1 aliphatic carbocycles. The predicted octanol–water partition coefficient (Wildman–Crippen LogP) is 2.45. The molecule has 0 heterocycles. The number of carbonyl (C=O) groups excluding carboxylic acids is 2. The lowest BCUT2D eigenvalue weighted by Gasteiger charge is -2.10. The third-order valence-electron chi connectivity index (χ3n) is 3.38. The van der Waals surface area contributed by atoms with Crippen molar-refractivity contribution in [3.63, 3.8) is 0 Å². The number of amides is 1. The number of nitrogens with one attached hydrogen (secondary N) is 1. The average Bonchev–Trinajstić information content (AvgIpc) is 2.92. The monoisotopic (exact) mass is 267 g/mol. The minimum Gasteiger partial charge on any atom is -0.348 e. The van der Waals surface area contributed by atoms with Crippen LogP contribution in [-0.4, -0.2) is 18.2 Å². The summed E-state index contributed by atoms with van der Waals surface area (Å²) in [6, 6.07) is 2.70. The summed E-state index contributed by atoms with van der Waals surface area (Å²) in [6.07, 6.45) is 3.69. The van der Waals surface area contributed by atoms with Gasteiger partial charge >= 0.3 is 0 Å². The third-order valence-corrected chi connectivity index (χ3v) is 3.38. The van der Waals surface area contributed by atoms with Crippen LogP contribution in [0.15, 0.2) is 18.2 Å². The van der Waals surface area contributed by atoms with Crippen LogP contribution < -0.4 is 5.32 Å². The summed E-state index contributed by atoms with van der Waals surface area (Å²) in [5.41, 5.74) is -0.327. The fourth-order valence-electron chi connectivity index (χ4n) is 2.31. The number of benzene rings is 1. The van der Waals surface area contributed by atoms with Crippen LogP contribution in [0.4, 0.5) is 8.78 Å². The van der Waals surface area contributed by atoms with Crippen molar-refractivity contribution >= 4 is 11.7 Å². The molecule has 2 rings (SSSR count). The molecule has 0 saturated heterocycles. The van der Waals surface area contributed by atoms with Gasteiger partial charge in [0.05, 0.1) is 12.1 Å². The Bertz CT molecular complexity index is 496. The summed E-state index contributed by atoms with van der Waals surface area (Å²) in [4.78, 5) is 23.4. The highest BCUT2D eigenvalue weighted by atomic mass is 19.1. The van der Waals surface area contributed by atoms with E-state index in [0.29, 0.717) is 0 Å². The SMILES string of the molecule is O=C(CNC(=O)C1CCCC1)c1cc(F)ccc1F. The van der Waals surface area contributed by atoms with E-state index in [1.54, 1.807) is 0 Å². The number of Topliss-reactive ketones (excluding diaryl/α,β-unsaturated/α-hetero) is 1. The Kier molecular flexibility index (Phi) is 4.24. The van der Waals surface area contributed by atoms with Crippen molar-refractivity contribution < 1.29 is 18.4 Å².